The van der Waals surface area contributed by atoms with Crippen LogP contribution in [0, 0.1) is 11.8 Å². The summed E-state index contributed by atoms with van der Waals surface area (Å²) in [5.41, 5.74) is 0. The molecule has 1 rings (SSSR count). The molecule has 0 aromatic heterocycles. The monoisotopic (exact) mass is 140 g/mol. The van der Waals surface area contributed by atoms with Crippen molar-refractivity contribution in [2.75, 3.05) is 0 Å². The lowest BCUT2D eigenvalue weighted by Crippen LogP contribution is -2.25. The van der Waals surface area contributed by atoms with Gasteiger partial charge in [0.05, 0.1) is 6.10 Å². The van der Waals surface area contributed by atoms with Crippen molar-refractivity contribution in [1.82, 2.24) is 0 Å². The minimum atomic E-state index is -0.186. The molecule has 58 valence electrons. The van der Waals surface area contributed by atoms with E-state index in [-0.39, 0.29) is 6.10 Å². The predicted octanol–water partition coefficient (Wildman–Crippen LogP) is 1.97. The fourth-order valence-corrected chi connectivity index (χ4v) is 1.57. The van der Waals surface area contributed by atoms with Crippen molar-refractivity contribution in [3.8, 4) is 0 Å². The van der Waals surface area contributed by atoms with E-state index in [0.29, 0.717) is 11.8 Å². The van der Waals surface area contributed by atoms with Gasteiger partial charge in [0.2, 0.25) is 0 Å². The van der Waals surface area contributed by atoms with Crippen LogP contribution >= 0.6 is 0 Å². The summed E-state index contributed by atoms with van der Waals surface area (Å²) in [6, 6.07) is 0. The maximum absolute atomic E-state index is 9.45. The quantitative estimate of drug-likeness (QED) is 0.552. The highest BCUT2D eigenvalue weighted by Gasteiger charge is 2.21. The summed E-state index contributed by atoms with van der Waals surface area (Å²) in [4.78, 5) is 0. The molecule has 0 spiro atoms. The number of rotatable bonds is 1. The zero-order valence-electron chi connectivity index (χ0n) is 6.75. The molecule has 0 saturated heterocycles. The third kappa shape index (κ3) is 1.60. The lowest BCUT2D eigenvalue weighted by molar-refractivity contribution is 0.110. The van der Waals surface area contributed by atoms with Crippen LogP contribution in [0.1, 0.15) is 26.7 Å². The van der Waals surface area contributed by atoms with Crippen LogP contribution in [0.5, 0.6) is 0 Å². The van der Waals surface area contributed by atoms with Gasteiger partial charge in [-0.1, -0.05) is 26.0 Å². The third-order valence-corrected chi connectivity index (χ3v) is 2.29. The van der Waals surface area contributed by atoms with Crippen LogP contribution in [-0.4, -0.2) is 11.2 Å². The van der Waals surface area contributed by atoms with Gasteiger partial charge in [0.15, 0.2) is 0 Å². The van der Waals surface area contributed by atoms with E-state index in [0.717, 1.165) is 12.8 Å². The first kappa shape index (κ1) is 7.80. The first-order valence-electron chi connectivity index (χ1n) is 4.06. The second-order valence-corrected chi connectivity index (χ2v) is 3.40. The van der Waals surface area contributed by atoms with E-state index in [2.05, 4.69) is 19.9 Å². The SMILES string of the molecule is CC(C)C1CCC=C[C@@H]1O. The molecule has 2 atom stereocenters. The summed E-state index contributed by atoms with van der Waals surface area (Å²) in [7, 11) is 0. The van der Waals surface area contributed by atoms with Crippen LogP contribution in [0.4, 0.5) is 0 Å². The minimum absolute atomic E-state index is 0.186. The number of hydrogen-bond donors (Lipinski definition) is 1. The van der Waals surface area contributed by atoms with Crippen molar-refractivity contribution in [1.29, 1.82) is 0 Å². The van der Waals surface area contributed by atoms with Crippen LogP contribution in [0.25, 0.3) is 0 Å². The Labute approximate surface area is 62.8 Å². The van der Waals surface area contributed by atoms with E-state index in [1.807, 2.05) is 6.08 Å². The largest absolute Gasteiger partial charge is 0.389 e. The Hall–Kier alpha value is -0.300. The molecule has 1 heteroatoms. The minimum Gasteiger partial charge on any atom is -0.389 e. The lowest BCUT2D eigenvalue weighted by Gasteiger charge is -2.26. The van der Waals surface area contributed by atoms with Crippen LogP contribution in [-0.2, 0) is 0 Å². The summed E-state index contributed by atoms with van der Waals surface area (Å²) in [5.74, 6) is 1.10. The second kappa shape index (κ2) is 3.20. The Balaban J connectivity index is 2.52. The molecule has 1 nitrogen and oxygen atoms in total. The maximum Gasteiger partial charge on any atom is 0.0751 e. The topological polar surface area (TPSA) is 20.2 Å². The fourth-order valence-electron chi connectivity index (χ4n) is 1.57. The zero-order chi connectivity index (χ0) is 7.56. The average molecular weight is 140 g/mol. The smallest absolute Gasteiger partial charge is 0.0751 e. The number of aliphatic hydroxyl groups is 1. The van der Waals surface area contributed by atoms with Crippen molar-refractivity contribution in [3.05, 3.63) is 12.2 Å². The van der Waals surface area contributed by atoms with E-state index in [9.17, 15) is 5.11 Å². The average Bonchev–Trinajstić information content (AvgIpc) is 1.88. The van der Waals surface area contributed by atoms with Gasteiger partial charge in [0, 0.05) is 0 Å². The Kier molecular flexibility index (Phi) is 2.50. The fraction of sp³-hybridized carbons (Fsp3) is 0.778. The first-order valence-corrected chi connectivity index (χ1v) is 4.06. The molecular formula is C9H16O. The highest BCUT2D eigenvalue weighted by molar-refractivity contribution is 4.98. The molecular weight excluding hydrogens is 124 g/mol. The van der Waals surface area contributed by atoms with E-state index >= 15 is 0 Å². The molecule has 10 heavy (non-hydrogen) atoms. The second-order valence-electron chi connectivity index (χ2n) is 3.40. The molecule has 0 aromatic carbocycles. The van der Waals surface area contributed by atoms with Crippen molar-refractivity contribution >= 4 is 0 Å². The van der Waals surface area contributed by atoms with Crippen molar-refractivity contribution in [2.24, 2.45) is 11.8 Å². The first-order chi connectivity index (χ1) is 4.72. The molecule has 0 amide bonds. The van der Waals surface area contributed by atoms with Gasteiger partial charge >= 0.3 is 0 Å². The molecule has 0 radical (unpaired) electrons. The van der Waals surface area contributed by atoms with E-state index in [1.165, 1.54) is 0 Å². The predicted molar refractivity (Wildman–Crippen MR) is 42.7 cm³/mol. The van der Waals surface area contributed by atoms with Gasteiger partial charge < -0.3 is 5.11 Å². The van der Waals surface area contributed by atoms with E-state index < -0.39 is 0 Å². The molecule has 0 aliphatic heterocycles. The van der Waals surface area contributed by atoms with Gasteiger partial charge in [-0.05, 0) is 24.7 Å². The molecule has 1 aliphatic carbocycles. The highest BCUT2D eigenvalue weighted by Crippen LogP contribution is 2.25. The molecule has 1 unspecified atom stereocenters. The number of aliphatic hydroxyl groups excluding tert-OH is 1. The summed E-state index contributed by atoms with van der Waals surface area (Å²) < 4.78 is 0. The molecule has 0 heterocycles. The number of hydrogen-bond acceptors (Lipinski definition) is 1. The molecule has 0 bridgehead atoms. The Bertz CT molecular complexity index is 127. The van der Waals surface area contributed by atoms with E-state index in [4.69, 9.17) is 0 Å². The molecule has 0 aromatic rings. The van der Waals surface area contributed by atoms with Crippen LogP contribution in [0.2, 0.25) is 0 Å². The summed E-state index contributed by atoms with van der Waals surface area (Å²) >= 11 is 0. The maximum atomic E-state index is 9.45. The van der Waals surface area contributed by atoms with Gasteiger partial charge in [-0.15, -0.1) is 0 Å². The highest BCUT2D eigenvalue weighted by atomic mass is 16.3. The van der Waals surface area contributed by atoms with Crippen LogP contribution in [0.15, 0.2) is 12.2 Å². The summed E-state index contributed by atoms with van der Waals surface area (Å²) in [6.45, 7) is 4.35. The van der Waals surface area contributed by atoms with Gasteiger partial charge in [-0.25, -0.2) is 0 Å². The van der Waals surface area contributed by atoms with Gasteiger partial charge in [-0.3, -0.25) is 0 Å². The zero-order valence-corrected chi connectivity index (χ0v) is 6.75. The summed E-state index contributed by atoms with van der Waals surface area (Å²) in [5, 5.41) is 9.45. The number of allylic oxidation sites excluding steroid dienone is 1. The standard InChI is InChI=1S/C9H16O/c1-7(2)8-5-3-4-6-9(8)10/h4,6-10H,3,5H2,1-2H3/t8?,9-/m0/s1. The Morgan fingerprint density at radius 2 is 2.20 bits per heavy atom. The third-order valence-electron chi connectivity index (χ3n) is 2.29. The van der Waals surface area contributed by atoms with Crippen molar-refractivity contribution in [2.45, 2.75) is 32.8 Å². The van der Waals surface area contributed by atoms with Gasteiger partial charge in [0.25, 0.3) is 0 Å². The lowest BCUT2D eigenvalue weighted by atomic mass is 9.83. The van der Waals surface area contributed by atoms with Crippen LogP contribution < -0.4 is 0 Å². The van der Waals surface area contributed by atoms with E-state index in [1.54, 1.807) is 0 Å². The molecule has 0 fully saturated rings. The van der Waals surface area contributed by atoms with Crippen molar-refractivity contribution in [3.63, 3.8) is 0 Å². The van der Waals surface area contributed by atoms with Crippen LogP contribution in [0.3, 0.4) is 0 Å². The molecule has 0 saturated carbocycles. The Morgan fingerprint density at radius 3 is 2.60 bits per heavy atom. The van der Waals surface area contributed by atoms with Crippen molar-refractivity contribution < 1.29 is 5.11 Å². The molecule has 1 N–H and O–H groups in total. The Morgan fingerprint density at radius 1 is 1.50 bits per heavy atom. The van der Waals surface area contributed by atoms with Gasteiger partial charge in [0.1, 0.15) is 0 Å². The molecule has 1 aliphatic rings. The summed E-state index contributed by atoms with van der Waals surface area (Å²) in [6.07, 6.45) is 6.10. The van der Waals surface area contributed by atoms with Gasteiger partial charge in [-0.2, -0.15) is 0 Å². The normalized spacial score (nSPS) is 33.2.